The quantitative estimate of drug-likeness (QED) is 0.0183. The third kappa shape index (κ3) is 15.0. The molecule has 2 aromatic heterocycles. The summed E-state index contributed by atoms with van der Waals surface area (Å²) in [7, 11) is 0. The predicted octanol–water partition coefficient (Wildman–Crippen LogP) is 5.72. The van der Waals surface area contributed by atoms with E-state index in [1.54, 1.807) is 62.9 Å². The third-order valence-electron chi connectivity index (χ3n) is 17.3. The minimum atomic E-state index is -2.05. The first-order valence-electron chi connectivity index (χ1n) is 31.4. The minimum absolute atomic E-state index is 0.00198. The van der Waals surface area contributed by atoms with Crippen molar-refractivity contribution in [3.8, 4) is 23.2 Å². The highest BCUT2D eigenvalue weighted by Crippen LogP contribution is 2.46. The molecule has 24 nitrogen and oxygen atoms in total. The number of carbonyl (C=O) groups is 8. The largest absolute Gasteiger partial charge is 0.458 e. The first-order valence-corrected chi connectivity index (χ1v) is 31.4. The van der Waals surface area contributed by atoms with Crippen molar-refractivity contribution in [2.45, 2.75) is 129 Å². The fourth-order valence-corrected chi connectivity index (χ4v) is 12.2. The summed E-state index contributed by atoms with van der Waals surface area (Å²) < 4.78 is 39.1. The van der Waals surface area contributed by atoms with Crippen LogP contribution in [0.1, 0.15) is 127 Å². The summed E-state index contributed by atoms with van der Waals surface area (Å²) >= 11 is 0. The number of urea groups is 1. The van der Waals surface area contributed by atoms with Crippen LogP contribution in [0.5, 0.6) is 0 Å². The zero-order chi connectivity index (χ0) is 66.8. The molecule has 4 atom stereocenters. The molecule has 0 radical (unpaired) electrons. The van der Waals surface area contributed by atoms with Gasteiger partial charge in [-0.3, -0.25) is 28.8 Å². The smallest absolute Gasteiger partial charge is 0.407 e. The van der Waals surface area contributed by atoms with Gasteiger partial charge >= 0.3 is 18.1 Å². The summed E-state index contributed by atoms with van der Waals surface area (Å²) in [6, 6.07) is 20.9. The Bertz CT molecular complexity index is 4090. The summed E-state index contributed by atoms with van der Waals surface area (Å²) in [5, 5.41) is 28.6. The minimum Gasteiger partial charge on any atom is -0.458 e. The number of cyclic esters (lactones) is 1. The number of hydrogen-bond acceptors (Lipinski definition) is 15. The number of amides is 8. The van der Waals surface area contributed by atoms with Crippen molar-refractivity contribution in [3.05, 3.63) is 157 Å². The number of halogens is 1. The number of aryl methyl sites for hydroxylation is 1. The number of primary amides is 1. The molecule has 5 heterocycles. The molecule has 4 aromatic carbocycles. The molecule has 0 fully saturated rings. The van der Waals surface area contributed by atoms with Gasteiger partial charge in [0, 0.05) is 71.7 Å². The average molecular weight is 1290 g/mol. The summed E-state index contributed by atoms with van der Waals surface area (Å²) in [5.41, 5.74) is 10.6. The molecule has 94 heavy (non-hydrogen) atoms. The molecule has 8 amide bonds. The van der Waals surface area contributed by atoms with Crippen molar-refractivity contribution in [2.24, 2.45) is 11.7 Å². The fraction of sp³-hybridized carbons (Fsp3) is 0.391. The number of carbonyl (C=O) groups excluding carboxylic acids is 8. The molecule has 1 aliphatic carbocycles. The van der Waals surface area contributed by atoms with Crippen LogP contribution in [-0.2, 0) is 86.0 Å². The van der Waals surface area contributed by atoms with E-state index in [0.29, 0.717) is 75.3 Å². The number of rotatable bonds is 26. The molecule has 0 unspecified atom stereocenters. The highest BCUT2D eigenvalue weighted by Gasteiger charge is 2.46. The van der Waals surface area contributed by atoms with Crippen LogP contribution in [0.2, 0.25) is 0 Å². The summed E-state index contributed by atoms with van der Waals surface area (Å²) in [5.74, 6) is 2.45. The molecule has 6 aromatic rings. The average Bonchev–Trinajstić information content (AvgIpc) is 1.47. The van der Waals surface area contributed by atoms with Crippen LogP contribution >= 0.6 is 0 Å². The van der Waals surface area contributed by atoms with E-state index in [-0.39, 0.29) is 121 Å². The van der Waals surface area contributed by atoms with Gasteiger partial charge in [0.25, 0.3) is 5.56 Å². The summed E-state index contributed by atoms with van der Waals surface area (Å²) in [4.78, 5) is 126. The second-order valence-corrected chi connectivity index (χ2v) is 23.8. The summed E-state index contributed by atoms with van der Waals surface area (Å²) in [6.07, 6.45) is 0.178. The number of fused-ring (bicyclic) bond motifs is 7. The van der Waals surface area contributed by atoms with Crippen LogP contribution in [0.3, 0.4) is 0 Å². The van der Waals surface area contributed by atoms with Crippen molar-refractivity contribution in [1.29, 1.82) is 0 Å². The van der Waals surface area contributed by atoms with Gasteiger partial charge in [-0.25, -0.2) is 23.8 Å². The number of hydrogen-bond donors (Lipinski definition) is 8. The number of ether oxygens (including phenoxy) is 4. The van der Waals surface area contributed by atoms with Crippen LogP contribution in [0.15, 0.2) is 89.7 Å². The molecular weight excluding hydrogens is 1210 g/mol. The van der Waals surface area contributed by atoms with Crippen LogP contribution < -0.4 is 48.1 Å². The predicted molar refractivity (Wildman–Crippen MR) is 343 cm³/mol. The Balaban J connectivity index is 0.669. The number of benzene rings is 4. The maximum atomic E-state index is 15.5. The molecule has 0 spiro atoms. The molecule has 0 saturated carbocycles. The molecule has 25 heteroatoms. The number of nitrogens with one attached hydrogen (secondary N) is 6. The number of nitrogens with two attached hydrogens (primary N) is 1. The van der Waals surface area contributed by atoms with Gasteiger partial charge < -0.3 is 71.2 Å². The van der Waals surface area contributed by atoms with E-state index in [2.05, 4.69) is 43.7 Å². The van der Waals surface area contributed by atoms with Gasteiger partial charge in [-0.05, 0) is 109 Å². The fourth-order valence-electron chi connectivity index (χ4n) is 12.2. The molecule has 9 N–H and O–H groups in total. The number of anilines is 2. The number of nitrogens with zero attached hydrogens (tertiary/aromatic N) is 3. The topological polar surface area (TPSA) is 330 Å². The SMILES string of the molecule is CC[C@@]1(O)C(=O)OCc2c1cc1n(c2=O)Cc2c-1nc1cc(F)c(C)c3c1c2[C@@H](NC(=O)OCc1ccc(NC(=O)[C@H](CCCNC(N)=O)NC(=O)[C@@H](NC(=O)CCOCCOCCNC(=O)CCC(=O)N2Cc4ccccc4C#Cc4ccccc42)C(C)C)cc1)CC3. The van der Waals surface area contributed by atoms with E-state index in [1.807, 2.05) is 48.5 Å². The molecule has 0 bridgehead atoms. The molecule has 492 valence electrons. The van der Waals surface area contributed by atoms with E-state index in [9.17, 15) is 48.3 Å². The van der Waals surface area contributed by atoms with Gasteiger partial charge in [0.1, 0.15) is 31.1 Å². The number of para-hydroxylation sites is 1. The van der Waals surface area contributed by atoms with Gasteiger partial charge in [0.15, 0.2) is 5.60 Å². The van der Waals surface area contributed by atoms with E-state index in [0.717, 1.165) is 22.3 Å². The van der Waals surface area contributed by atoms with Crippen molar-refractivity contribution < 1.29 is 66.8 Å². The van der Waals surface area contributed by atoms with Crippen molar-refractivity contribution in [1.82, 2.24) is 36.1 Å². The Morgan fingerprint density at radius 3 is 2.32 bits per heavy atom. The zero-order valence-corrected chi connectivity index (χ0v) is 52.7. The van der Waals surface area contributed by atoms with E-state index < -0.39 is 76.8 Å². The highest BCUT2D eigenvalue weighted by molar-refractivity contribution is 5.99. The number of alkyl carbamates (subject to hydrolysis) is 1. The standard InChI is InChI=1S/C69H75FN10O14/c1-5-69(90)49-33-55-62-47(36-80(55)65(86)48(49)38-93-66(69)87)60-51(23-22-46-40(4)50(70)34-53(75-62)59(46)60)77-68(89)94-37-41-16-20-45(21-17-41)74-63(84)52(14-10-27-73-67(71)88)76-64(85)61(39(2)3)78-57(82)26-29-91-31-32-92-30-28-72-56(81)24-25-58(83)79-35-44-13-7-6-11-42(44)18-19-43-12-8-9-15-54(43)79/h6-9,11-13,15-17,20-21,33-34,39,51-52,61,90H,5,10,14,22-32,35-38H2,1-4H3,(H,72,81)(H,74,84)(H,76,85)(H,77,89)(H,78,82)(H3,71,73,88)/t51-,52-,61-,69-/m0/s1. The van der Waals surface area contributed by atoms with Gasteiger partial charge in [-0.15, -0.1) is 0 Å². The molecular formula is C69H75FN10O14. The summed E-state index contributed by atoms with van der Waals surface area (Å²) in [6.45, 7) is 7.49. The monoisotopic (exact) mass is 1290 g/mol. The maximum absolute atomic E-state index is 15.5. The molecule has 4 aliphatic rings. The first kappa shape index (κ1) is 66.9. The second-order valence-electron chi connectivity index (χ2n) is 23.8. The molecule has 10 rings (SSSR count). The van der Waals surface area contributed by atoms with Gasteiger partial charge in [-0.1, -0.05) is 75.1 Å². The van der Waals surface area contributed by atoms with E-state index >= 15 is 4.39 Å². The third-order valence-corrected chi connectivity index (χ3v) is 17.3. The lowest BCUT2D eigenvalue weighted by atomic mass is 9.81. The number of pyridine rings is 2. The number of aliphatic hydroxyl groups is 1. The zero-order valence-electron chi connectivity index (χ0n) is 52.7. The molecule has 0 saturated heterocycles. The van der Waals surface area contributed by atoms with Crippen molar-refractivity contribution in [2.75, 3.05) is 49.7 Å². The van der Waals surface area contributed by atoms with Crippen molar-refractivity contribution >= 4 is 69.9 Å². The maximum Gasteiger partial charge on any atom is 0.407 e. The Morgan fingerprint density at radius 1 is 0.830 bits per heavy atom. The van der Waals surface area contributed by atoms with Gasteiger partial charge in [0.05, 0.1) is 73.7 Å². The van der Waals surface area contributed by atoms with Gasteiger partial charge in [-0.2, -0.15) is 0 Å². The Morgan fingerprint density at radius 2 is 1.56 bits per heavy atom. The van der Waals surface area contributed by atoms with Gasteiger partial charge in [0.2, 0.25) is 29.5 Å². The number of esters is 1. The normalized spacial score (nSPS) is 16.2. The van der Waals surface area contributed by atoms with Crippen molar-refractivity contribution in [3.63, 3.8) is 0 Å². The van der Waals surface area contributed by atoms with E-state index in [4.69, 9.17) is 29.7 Å². The lowest BCUT2D eigenvalue weighted by Gasteiger charge is -2.31. The highest BCUT2D eigenvalue weighted by atomic mass is 19.1. The molecule has 3 aliphatic heterocycles. The van der Waals surface area contributed by atoms with Crippen LogP contribution in [0, 0.1) is 30.5 Å². The van der Waals surface area contributed by atoms with Crippen LogP contribution in [0.4, 0.5) is 25.4 Å². The Kier molecular flexibility index (Phi) is 21.1. The van der Waals surface area contributed by atoms with Crippen LogP contribution in [-0.4, -0.2) is 114 Å². The first-order chi connectivity index (χ1) is 45.2. The lowest BCUT2D eigenvalue weighted by molar-refractivity contribution is -0.172. The van der Waals surface area contributed by atoms with Crippen LogP contribution in [0.25, 0.3) is 22.3 Å². The lowest BCUT2D eigenvalue weighted by Crippen LogP contribution is -2.54. The Labute approximate surface area is 541 Å². The van der Waals surface area contributed by atoms with E-state index in [1.165, 1.54) is 10.6 Å². The number of aromatic nitrogens is 2. The second kappa shape index (κ2) is 29.7. The Hall–Kier alpha value is -10.0.